The third-order valence-electron chi connectivity index (χ3n) is 3.46. The molecular weight excluding hydrogens is 318 g/mol. The monoisotopic (exact) mass is 331 g/mol. The van der Waals surface area contributed by atoms with E-state index >= 15 is 0 Å². The number of aromatic nitrogens is 1. The minimum Gasteiger partial charge on any atom is -0.371 e. The number of hydrogen-bond donors (Lipinski definition) is 2. The minimum atomic E-state index is -0.255. The standard InChI is InChI=1S/C12H14ClN3O4S/c1-5(17)14-6-3-19-11-7(4-20-10(6)11)15-12(18)8-2-9(13)16-21-8/h2,6-7,10-11H,3-4H2,1H3,(H,14,17)(H,15,18)/t6-,7-,10+,11+/m0/s1. The lowest BCUT2D eigenvalue weighted by Gasteiger charge is -2.17. The van der Waals surface area contributed by atoms with Crippen molar-refractivity contribution >= 4 is 34.9 Å². The normalized spacial score (nSPS) is 31.0. The Bertz CT molecular complexity index is 566. The molecule has 2 N–H and O–H groups in total. The van der Waals surface area contributed by atoms with E-state index in [1.165, 1.54) is 13.0 Å². The SMILES string of the molecule is CC(=O)N[C@H]1CO[C@H]2[C@@H]1OC[C@@H]2NC(=O)c1cc(Cl)ns1. The molecule has 0 saturated carbocycles. The van der Waals surface area contributed by atoms with Crippen LogP contribution in [-0.2, 0) is 14.3 Å². The van der Waals surface area contributed by atoms with Crippen LogP contribution in [0, 0.1) is 0 Å². The molecule has 0 aromatic carbocycles. The van der Waals surface area contributed by atoms with Crippen molar-refractivity contribution in [2.75, 3.05) is 13.2 Å². The highest BCUT2D eigenvalue weighted by Crippen LogP contribution is 2.27. The zero-order valence-corrected chi connectivity index (χ0v) is 12.7. The second kappa shape index (κ2) is 5.88. The van der Waals surface area contributed by atoms with E-state index in [0.29, 0.717) is 23.2 Å². The molecule has 21 heavy (non-hydrogen) atoms. The topological polar surface area (TPSA) is 89.5 Å². The molecule has 0 radical (unpaired) electrons. The number of amides is 2. The zero-order valence-electron chi connectivity index (χ0n) is 11.2. The van der Waals surface area contributed by atoms with Crippen molar-refractivity contribution in [3.05, 3.63) is 16.1 Å². The molecule has 1 aromatic heterocycles. The summed E-state index contributed by atoms with van der Waals surface area (Å²) in [7, 11) is 0. The number of ether oxygens (including phenoxy) is 2. The molecule has 114 valence electrons. The largest absolute Gasteiger partial charge is 0.371 e. The summed E-state index contributed by atoms with van der Waals surface area (Å²) >= 11 is 6.75. The van der Waals surface area contributed by atoms with Gasteiger partial charge in [0.2, 0.25) is 5.91 Å². The summed E-state index contributed by atoms with van der Waals surface area (Å²) in [5.41, 5.74) is 0. The summed E-state index contributed by atoms with van der Waals surface area (Å²) in [4.78, 5) is 23.7. The Hall–Kier alpha value is -1.22. The molecule has 2 amide bonds. The molecule has 2 aliphatic heterocycles. The summed E-state index contributed by atoms with van der Waals surface area (Å²) in [6, 6.07) is 1.10. The first-order valence-electron chi connectivity index (χ1n) is 6.48. The number of rotatable bonds is 3. The van der Waals surface area contributed by atoms with Gasteiger partial charge in [-0.2, -0.15) is 4.37 Å². The number of halogens is 1. The van der Waals surface area contributed by atoms with Crippen LogP contribution in [0.1, 0.15) is 16.6 Å². The van der Waals surface area contributed by atoms with E-state index in [1.54, 1.807) is 0 Å². The van der Waals surface area contributed by atoms with Gasteiger partial charge < -0.3 is 20.1 Å². The lowest BCUT2D eigenvalue weighted by Crippen LogP contribution is -2.46. The molecule has 3 rings (SSSR count). The molecule has 1 aromatic rings. The number of nitrogens with one attached hydrogen (secondary N) is 2. The van der Waals surface area contributed by atoms with Gasteiger partial charge in [0.15, 0.2) is 0 Å². The number of nitrogens with zero attached hydrogens (tertiary/aromatic N) is 1. The van der Waals surface area contributed by atoms with Gasteiger partial charge in [-0.05, 0) is 11.5 Å². The van der Waals surface area contributed by atoms with Crippen LogP contribution in [0.5, 0.6) is 0 Å². The molecule has 4 atom stereocenters. The van der Waals surface area contributed by atoms with Crippen LogP contribution in [0.25, 0.3) is 0 Å². The average molecular weight is 332 g/mol. The molecular formula is C12H14ClN3O4S. The second-order valence-electron chi connectivity index (χ2n) is 5.00. The maximum Gasteiger partial charge on any atom is 0.263 e. The third-order valence-corrected chi connectivity index (χ3v) is 4.55. The number of carbonyl (C=O) groups excluding carboxylic acids is 2. The molecule has 0 unspecified atom stereocenters. The van der Waals surface area contributed by atoms with Crippen molar-refractivity contribution in [2.24, 2.45) is 0 Å². The lowest BCUT2D eigenvalue weighted by atomic mass is 10.1. The van der Waals surface area contributed by atoms with Crippen LogP contribution in [0.3, 0.4) is 0 Å². The molecule has 0 bridgehead atoms. The minimum absolute atomic E-state index is 0.125. The van der Waals surface area contributed by atoms with E-state index in [9.17, 15) is 9.59 Å². The number of carbonyl (C=O) groups is 2. The first-order valence-corrected chi connectivity index (χ1v) is 7.63. The Morgan fingerprint density at radius 3 is 2.43 bits per heavy atom. The van der Waals surface area contributed by atoms with Gasteiger partial charge in [-0.3, -0.25) is 9.59 Å². The maximum atomic E-state index is 12.1. The van der Waals surface area contributed by atoms with Gasteiger partial charge in [0, 0.05) is 13.0 Å². The fraction of sp³-hybridized carbons (Fsp3) is 0.583. The van der Waals surface area contributed by atoms with Crippen molar-refractivity contribution in [2.45, 2.75) is 31.2 Å². The Balaban J connectivity index is 1.61. The van der Waals surface area contributed by atoms with Crippen molar-refractivity contribution in [1.29, 1.82) is 0 Å². The van der Waals surface area contributed by atoms with Crippen LogP contribution >= 0.6 is 23.1 Å². The fourth-order valence-electron chi connectivity index (χ4n) is 2.61. The Kier molecular flexibility index (Phi) is 4.12. The summed E-state index contributed by atoms with van der Waals surface area (Å²) < 4.78 is 15.2. The molecule has 7 nitrogen and oxygen atoms in total. The zero-order chi connectivity index (χ0) is 15.0. The number of fused-ring (bicyclic) bond motifs is 1. The van der Waals surface area contributed by atoms with Gasteiger partial charge in [-0.1, -0.05) is 11.6 Å². The highest BCUT2D eigenvalue weighted by molar-refractivity contribution is 7.08. The van der Waals surface area contributed by atoms with E-state index in [0.717, 1.165) is 11.5 Å². The smallest absolute Gasteiger partial charge is 0.263 e. The Morgan fingerprint density at radius 2 is 1.90 bits per heavy atom. The Morgan fingerprint density at radius 1 is 1.29 bits per heavy atom. The molecule has 0 spiro atoms. The van der Waals surface area contributed by atoms with Crippen LogP contribution in [0.4, 0.5) is 0 Å². The van der Waals surface area contributed by atoms with Gasteiger partial charge in [-0.25, -0.2) is 0 Å². The van der Waals surface area contributed by atoms with E-state index in [2.05, 4.69) is 15.0 Å². The van der Waals surface area contributed by atoms with Gasteiger partial charge in [0.25, 0.3) is 5.91 Å². The predicted molar refractivity (Wildman–Crippen MR) is 75.5 cm³/mol. The first kappa shape index (κ1) is 14.7. The van der Waals surface area contributed by atoms with Crippen LogP contribution in [0.2, 0.25) is 5.15 Å². The third kappa shape index (κ3) is 3.03. The van der Waals surface area contributed by atoms with Crippen LogP contribution < -0.4 is 10.6 Å². The van der Waals surface area contributed by atoms with Gasteiger partial charge in [-0.15, -0.1) is 0 Å². The highest BCUT2D eigenvalue weighted by Gasteiger charge is 2.48. The molecule has 3 heterocycles. The van der Waals surface area contributed by atoms with Crippen LogP contribution in [0.15, 0.2) is 6.07 Å². The van der Waals surface area contributed by atoms with Crippen molar-refractivity contribution in [3.8, 4) is 0 Å². The van der Waals surface area contributed by atoms with Crippen LogP contribution in [-0.4, -0.2) is 53.7 Å². The van der Waals surface area contributed by atoms with E-state index in [-0.39, 0.29) is 36.1 Å². The van der Waals surface area contributed by atoms with Crippen molar-refractivity contribution < 1.29 is 19.1 Å². The maximum absolute atomic E-state index is 12.1. The van der Waals surface area contributed by atoms with E-state index in [4.69, 9.17) is 21.1 Å². The van der Waals surface area contributed by atoms with Crippen molar-refractivity contribution in [3.63, 3.8) is 0 Å². The summed E-state index contributed by atoms with van der Waals surface area (Å²) in [5.74, 6) is -0.375. The molecule has 2 aliphatic rings. The highest BCUT2D eigenvalue weighted by atomic mass is 35.5. The van der Waals surface area contributed by atoms with Crippen molar-refractivity contribution in [1.82, 2.24) is 15.0 Å². The molecule has 9 heteroatoms. The second-order valence-corrected chi connectivity index (χ2v) is 6.19. The summed E-state index contributed by atoms with van der Waals surface area (Å²) in [6.45, 7) is 2.19. The Labute approximate surface area is 130 Å². The summed E-state index contributed by atoms with van der Waals surface area (Å²) in [6.07, 6.45) is -0.488. The average Bonchev–Trinajstić information content (AvgIpc) is 3.09. The molecule has 2 saturated heterocycles. The van der Waals surface area contributed by atoms with E-state index < -0.39 is 0 Å². The first-order chi connectivity index (χ1) is 10.0. The van der Waals surface area contributed by atoms with Gasteiger partial charge >= 0.3 is 0 Å². The van der Waals surface area contributed by atoms with Gasteiger partial charge in [0.1, 0.15) is 22.2 Å². The quantitative estimate of drug-likeness (QED) is 0.825. The lowest BCUT2D eigenvalue weighted by molar-refractivity contribution is -0.120. The van der Waals surface area contributed by atoms with E-state index in [1.807, 2.05) is 0 Å². The molecule has 2 fully saturated rings. The predicted octanol–water partition coefficient (Wildman–Crippen LogP) is 0.197. The fourth-order valence-corrected chi connectivity index (χ4v) is 3.43. The molecule has 0 aliphatic carbocycles. The van der Waals surface area contributed by atoms with Gasteiger partial charge in [0.05, 0.1) is 25.3 Å². The number of hydrogen-bond acceptors (Lipinski definition) is 6. The summed E-state index contributed by atoms with van der Waals surface area (Å²) in [5, 5.41) is 5.96.